The second-order valence-electron chi connectivity index (χ2n) is 7.63. The van der Waals surface area contributed by atoms with Crippen LogP contribution in [0.3, 0.4) is 0 Å². The van der Waals surface area contributed by atoms with Crippen LogP contribution in [0.1, 0.15) is 30.1 Å². The quantitative estimate of drug-likeness (QED) is 0.548. The Morgan fingerprint density at radius 1 is 1.17 bits per heavy atom. The average molecular weight is 440 g/mol. The van der Waals surface area contributed by atoms with Crippen molar-refractivity contribution in [2.45, 2.75) is 19.0 Å². The molecule has 1 saturated heterocycles. The van der Waals surface area contributed by atoms with E-state index < -0.39 is 0 Å². The van der Waals surface area contributed by atoms with E-state index in [1.165, 1.54) is 5.56 Å². The highest BCUT2D eigenvalue weighted by atomic mass is 35.5. The number of anilines is 1. The highest BCUT2D eigenvalue weighted by Gasteiger charge is 2.30. The molecule has 1 aliphatic heterocycles. The molecule has 2 atom stereocenters. The Bertz CT molecular complexity index is 1030. The molecule has 30 heavy (non-hydrogen) atoms. The first-order chi connectivity index (χ1) is 14.5. The highest BCUT2D eigenvalue weighted by molar-refractivity contribution is 6.33. The molecule has 0 bridgehead atoms. The molecule has 0 saturated carbocycles. The summed E-state index contributed by atoms with van der Waals surface area (Å²) in [7, 11) is 0. The third kappa shape index (κ3) is 4.46. The fraction of sp³-hybridized carbons (Fsp3) is 0.304. The molecule has 0 N–H and O–H groups in total. The summed E-state index contributed by atoms with van der Waals surface area (Å²) in [6, 6.07) is 18.1. The van der Waals surface area contributed by atoms with E-state index in [9.17, 15) is 0 Å². The van der Waals surface area contributed by atoms with E-state index in [4.69, 9.17) is 28.5 Å². The fourth-order valence-electron chi connectivity index (χ4n) is 4.07. The number of nitriles is 1. The Hall–Kier alpha value is -2.52. The summed E-state index contributed by atoms with van der Waals surface area (Å²) in [4.78, 5) is 4.81. The van der Waals surface area contributed by atoms with Crippen LogP contribution in [0, 0.1) is 11.3 Å². The Morgan fingerprint density at radius 2 is 1.97 bits per heavy atom. The Morgan fingerprint density at radius 3 is 2.63 bits per heavy atom. The summed E-state index contributed by atoms with van der Waals surface area (Å²) in [5, 5.41) is 14.9. The lowest BCUT2D eigenvalue weighted by molar-refractivity contribution is 0.193. The van der Waals surface area contributed by atoms with E-state index >= 15 is 0 Å². The van der Waals surface area contributed by atoms with Crippen molar-refractivity contribution in [2.75, 3.05) is 31.1 Å². The van der Waals surface area contributed by atoms with Crippen molar-refractivity contribution in [3.8, 4) is 6.07 Å². The summed E-state index contributed by atoms with van der Waals surface area (Å²) in [5.41, 5.74) is 2.71. The smallest absolute Gasteiger partial charge is 0.0992 e. The SMILES string of the molecule is CC(CN1CCN(c2ccc(C#N)cc2Cl)C(c2ccc(Cl)cc2)C1)n1cccn1. The Kier molecular flexibility index (Phi) is 6.29. The largest absolute Gasteiger partial charge is 0.361 e. The number of hydrogen-bond donors (Lipinski definition) is 0. The molecule has 2 unspecified atom stereocenters. The van der Waals surface area contributed by atoms with Crippen LogP contribution in [-0.4, -0.2) is 40.9 Å². The monoisotopic (exact) mass is 439 g/mol. The van der Waals surface area contributed by atoms with E-state index in [0.717, 1.165) is 36.9 Å². The van der Waals surface area contributed by atoms with Crippen molar-refractivity contribution >= 4 is 28.9 Å². The first kappa shape index (κ1) is 20.7. The lowest BCUT2D eigenvalue weighted by atomic mass is 10.0. The Balaban J connectivity index is 1.60. The van der Waals surface area contributed by atoms with Crippen LogP contribution in [0.2, 0.25) is 10.0 Å². The van der Waals surface area contributed by atoms with Crippen LogP contribution in [0.5, 0.6) is 0 Å². The normalized spacial score (nSPS) is 18.2. The number of rotatable bonds is 5. The maximum Gasteiger partial charge on any atom is 0.0992 e. The molecule has 1 aliphatic rings. The van der Waals surface area contributed by atoms with Crippen LogP contribution in [0.15, 0.2) is 60.9 Å². The van der Waals surface area contributed by atoms with Crippen LogP contribution in [-0.2, 0) is 0 Å². The molecule has 2 aromatic carbocycles. The molecule has 0 spiro atoms. The molecule has 0 amide bonds. The van der Waals surface area contributed by atoms with Gasteiger partial charge in [0.15, 0.2) is 0 Å². The molecule has 0 aliphatic carbocycles. The highest BCUT2D eigenvalue weighted by Crippen LogP contribution is 2.36. The minimum atomic E-state index is 0.131. The molecule has 154 valence electrons. The zero-order valence-electron chi connectivity index (χ0n) is 16.7. The average Bonchev–Trinajstić information content (AvgIpc) is 3.30. The number of benzene rings is 2. The number of halogens is 2. The molecular formula is C23H23Cl2N5. The number of piperazine rings is 1. The zero-order chi connectivity index (χ0) is 21.1. The van der Waals surface area contributed by atoms with Gasteiger partial charge in [-0.2, -0.15) is 10.4 Å². The van der Waals surface area contributed by atoms with Gasteiger partial charge in [0.05, 0.1) is 34.4 Å². The van der Waals surface area contributed by atoms with Gasteiger partial charge in [0, 0.05) is 43.6 Å². The molecule has 4 rings (SSSR count). The minimum Gasteiger partial charge on any atom is -0.361 e. The van der Waals surface area contributed by atoms with E-state index in [1.54, 1.807) is 6.07 Å². The van der Waals surface area contributed by atoms with Gasteiger partial charge in [-0.1, -0.05) is 35.3 Å². The summed E-state index contributed by atoms with van der Waals surface area (Å²) in [6.07, 6.45) is 3.83. The van der Waals surface area contributed by atoms with E-state index in [1.807, 2.05) is 47.4 Å². The van der Waals surface area contributed by atoms with Crippen LogP contribution in [0.25, 0.3) is 0 Å². The molecular weight excluding hydrogens is 417 g/mol. The predicted octanol–water partition coefficient (Wildman–Crippen LogP) is 5.19. The van der Waals surface area contributed by atoms with Gasteiger partial charge in [-0.3, -0.25) is 9.58 Å². The van der Waals surface area contributed by atoms with Gasteiger partial charge >= 0.3 is 0 Å². The van der Waals surface area contributed by atoms with Gasteiger partial charge in [0.25, 0.3) is 0 Å². The van der Waals surface area contributed by atoms with Crippen LogP contribution < -0.4 is 4.90 Å². The zero-order valence-corrected chi connectivity index (χ0v) is 18.3. The lowest BCUT2D eigenvalue weighted by Gasteiger charge is -2.44. The second-order valence-corrected chi connectivity index (χ2v) is 8.48. The standard InChI is InChI=1S/C23H23Cl2N5/c1-17(30-10-2-9-27-30)15-28-11-12-29(22-8-3-18(14-26)13-21(22)25)23(16-28)19-4-6-20(24)7-5-19/h2-10,13,17,23H,11-12,15-16H2,1H3. The number of aromatic nitrogens is 2. The minimum absolute atomic E-state index is 0.131. The number of nitrogens with zero attached hydrogens (tertiary/aromatic N) is 5. The molecule has 5 nitrogen and oxygen atoms in total. The molecule has 3 aromatic rings. The summed E-state index contributed by atoms with van der Waals surface area (Å²) in [6.45, 7) is 5.73. The van der Waals surface area contributed by atoms with Crippen LogP contribution >= 0.6 is 23.2 Å². The molecule has 7 heteroatoms. The van der Waals surface area contributed by atoms with Gasteiger partial charge < -0.3 is 4.90 Å². The van der Waals surface area contributed by atoms with Gasteiger partial charge in [-0.15, -0.1) is 0 Å². The Labute approximate surface area is 187 Å². The first-order valence-corrected chi connectivity index (χ1v) is 10.7. The third-order valence-electron chi connectivity index (χ3n) is 5.60. The predicted molar refractivity (Wildman–Crippen MR) is 121 cm³/mol. The van der Waals surface area contributed by atoms with E-state index in [0.29, 0.717) is 10.6 Å². The van der Waals surface area contributed by atoms with Crippen molar-refractivity contribution < 1.29 is 0 Å². The fourth-order valence-corrected chi connectivity index (χ4v) is 4.49. The first-order valence-electron chi connectivity index (χ1n) is 9.98. The molecule has 2 heterocycles. The topological polar surface area (TPSA) is 48.1 Å². The van der Waals surface area contributed by atoms with Crippen molar-refractivity contribution in [3.63, 3.8) is 0 Å². The number of hydrogen-bond acceptors (Lipinski definition) is 4. The van der Waals surface area contributed by atoms with Crippen molar-refractivity contribution in [2.24, 2.45) is 0 Å². The van der Waals surface area contributed by atoms with Crippen molar-refractivity contribution in [1.82, 2.24) is 14.7 Å². The summed E-state index contributed by atoms with van der Waals surface area (Å²) < 4.78 is 2.00. The maximum absolute atomic E-state index is 9.17. The maximum atomic E-state index is 9.17. The van der Waals surface area contributed by atoms with E-state index in [-0.39, 0.29) is 12.1 Å². The summed E-state index contributed by atoms with van der Waals surface area (Å²) >= 11 is 12.7. The van der Waals surface area contributed by atoms with Gasteiger partial charge in [0.2, 0.25) is 0 Å². The third-order valence-corrected chi connectivity index (χ3v) is 6.16. The second kappa shape index (κ2) is 9.09. The van der Waals surface area contributed by atoms with Crippen molar-refractivity contribution in [1.29, 1.82) is 5.26 Å². The summed E-state index contributed by atoms with van der Waals surface area (Å²) in [5.74, 6) is 0. The molecule has 0 radical (unpaired) electrons. The lowest BCUT2D eigenvalue weighted by Crippen LogP contribution is -2.49. The molecule has 1 aromatic heterocycles. The van der Waals surface area contributed by atoms with Gasteiger partial charge in [-0.05, 0) is 48.9 Å². The van der Waals surface area contributed by atoms with E-state index in [2.05, 4.69) is 40.0 Å². The van der Waals surface area contributed by atoms with Gasteiger partial charge in [-0.25, -0.2) is 0 Å². The van der Waals surface area contributed by atoms with Crippen molar-refractivity contribution in [3.05, 3.63) is 82.1 Å². The van der Waals surface area contributed by atoms with Crippen LogP contribution in [0.4, 0.5) is 5.69 Å². The van der Waals surface area contributed by atoms with Gasteiger partial charge in [0.1, 0.15) is 0 Å². The molecule has 1 fully saturated rings.